The highest BCUT2D eigenvalue weighted by atomic mass is 19.1. The van der Waals surface area contributed by atoms with E-state index in [0.717, 1.165) is 23.4 Å². The van der Waals surface area contributed by atoms with Crippen LogP contribution in [-0.4, -0.2) is 4.92 Å². The van der Waals surface area contributed by atoms with Gasteiger partial charge in [-0.25, -0.2) is 0 Å². The number of rotatable bonds is 4. The number of hydrogen-bond donors (Lipinski definition) is 1. The molecule has 4 aliphatic rings. The molecule has 6 rings (SSSR count). The van der Waals surface area contributed by atoms with Crippen molar-refractivity contribution >= 4 is 17.1 Å². The first-order chi connectivity index (χ1) is 13.0. The Labute approximate surface area is 157 Å². The average molecular weight is 366 g/mol. The van der Waals surface area contributed by atoms with Crippen molar-refractivity contribution in [1.82, 2.24) is 0 Å². The van der Waals surface area contributed by atoms with Crippen LogP contribution in [0, 0.1) is 33.7 Å². The summed E-state index contributed by atoms with van der Waals surface area (Å²) in [5.74, 6) is 1.92. The van der Waals surface area contributed by atoms with Crippen molar-refractivity contribution < 1.29 is 9.31 Å². The third kappa shape index (κ3) is 2.89. The standard InChI is InChI=1S/C22H23FN2O2/c23-20-10-19(5-6-21(20)25(26)27)24-18-3-1-17(2-4-18)22-11-14-7-15(12-22)9-16(8-14)13-22/h1-6,10,14-16,24H,7-9,11-13H2. The van der Waals surface area contributed by atoms with E-state index < -0.39 is 16.4 Å². The van der Waals surface area contributed by atoms with Crippen LogP contribution in [0.2, 0.25) is 0 Å². The summed E-state index contributed by atoms with van der Waals surface area (Å²) in [6.07, 6.45) is 8.30. The Balaban J connectivity index is 1.35. The van der Waals surface area contributed by atoms with Gasteiger partial charge in [0.1, 0.15) is 0 Å². The van der Waals surface area contributed by atoms with Crippen molar-refractivity contribution in [3.05, 3.63) is 64.0 Å². The van der Waals surface area contributed by atoms with Gasteiger partial charge >= 0.3 is 5.69 Å². The number of nitrogens with zero attached hydrogens (tertiary/aromatic N) is 1. The number of nitro benzene ring substituents is 1. The van der Waals surface area contributed by atoms with E-state index in [-0.39, 0.29) is 0 Å². The molecule has 0 aliphatic heterocycles. The number of benzene rings is 2. The van der Waals surface area contributed by atoms with E-state index in [4.69, 9.17) is 0 Å². The first kappa shape index (κ1) is 16.7. The summed E-state index contributed by atoms with van der Waals surface area (Å²) < 4.78 is 13.8. The molecule has 0 atom stereocenters. The van der Waals surface area contributed by atoms with Gasteiger partial charge in [0, 0.05) is 23.5 Å². The Morgan fingerprint density at radius 2 is 1.48 bits per heavy atom. The lowest BCUT2D eigenvalue weighted by molar-refractivity contribution is -0.387. The monoisotopic (exact) mass is 366 g/mol. The Morgan fingerprint density at radius 3 is 2.00 bits per heavy atom. The molecule has 0 aromatic heterocycles. The molecule has 4 fully saturated rings. The molecule has 0 unspecified atom stereocenters. The third-order valence-corrected chi connectivity index (χ3v) is 6.97. The first-order valence-corrected chi connectivity index (χ1v) is 9.82. The molecular formula is C22H23FN2O2. The third-order valence-electron chi connectivity index (χ3n) is 6.97. The van der Waals surface area contributed by atoms with Crippen LogP contribution in [-0.2, 0) is 5.41 Å². The predicted octanol–water partition coefficient (Wildman–Crippen LogP) is 5.95. The van der Waals surface area contributed by atoms with E-state index in [0.29, 0.717) is 11.1 Å². The fourth-order valence-electron chi connectivity index (χ4n) is 6.27. The van der Waals surface area contributed by atoms with E-state index in [9.17, 15) is 14.5 Å². The summed E-state index contributed by atoms with van der Waals surface area (Å²) in [6, 6.07) is 12.4. The molecule has 0 spiro atoms. The average Bonchev–Trinajstić information content (AvgIpc) is 2.61. The lowest BCUT2D eigenvalue weighted by atomic mass is 9.48. The van der Waals surface area contributed by atoms with Gasteiger partial charge in [0.25, 0.3) is 0 Å². The van der Waals surface area contributed by atoms with Gasteiger partial charge in [-0.05, 0) is 85.5 Å². The number of nitrogens with one attached hydrogen (secondary N) is 1. The molecule has 0 saturated heterocycles. The molecule has 27 heavy (non-hydrogen) atoms. The Bertz CT molecular complexity index is 858. The number of nitro groups is 1. The van der Waals surface area contributed by atoms with Crippen LogP contribution in [0.1, 0.15) is 44.1 Å². The minimum absolute atomic E-state index is 0.368. The largest absolute Gasteiger partial charge is 0.355 e. The quantitative estimate of drug-likeness (QED) is 0.538. The topological polar surface area (TPSA) is 55.2 Å². The van der Waals surface area contributed by atoms with Crippen molar-refractivity contribution in [1.29, 1.82) is 0 Å². The maximum absolute atomic E-state index is 13.8. The number of halogens is 1. The predicted molar refractivity (Wildman–Crippen MR) is 103 cm³/mol. The van der Waals surface area contributed by atoms with Gasteiger partial charge in [0.2, 0.25) is 5.82 Å². The van der Waals surface area contributed by atoms with Gasteiger partial charge in [-0.3, -0.25) is 10.1 Å². The summed E-state index contributed by atoms with van der Waals surface area (Å²) in [7, 11) is 0. The Morgan fingerprint density at radius 1 is 0.926 bits per heavy atom. The fourth-order valence-corrected chi connectivity index (χ4v) is 6.27. The molecule has 4 aliphatic carbocycles. The molecule has 4 saturated carbocycles. The molecular weight excluding hydrogens is 343 g/mol. The smallest absolute Gasteiger partial charge is 0.304 e. The normalized spacial score (nSPS) is 31.1. The Kier molecular flexibility index (Phi) is 3.74. The second-order valence-electron chi connectivity index (χ2n) is 8.82. The number of hydrogen-bond acceptors (Lipinski definition) is 3. The molecule has 140 valence electrons. The molecule has 4 nitrogen and oxygen atoms in total. The van der Waals surface area contributed by atoms with Crippen LogP contribution in [0.5, 0.6) is 0 Å². The van der Waals surface area contributed by atoms with Crippen molar-refractivity contribution in [2.75, 3.05) is 5.32 Å². The second-order valence-corrected chi connectivity index (χ2v) is 8.82. The highest BCUT2D eigenvalue weighted by Gasteiger charge is 2.51. The zero-order chi connectivity index (χ0) is 18.6. The van der Waals surface area contributed by atoms with Crippen molar-refractivity contribution in [2.45, 2.75) is 43.9 Å². The van der Waals surface area contributed by atoms with Crippen LogP contribution in [0.3, 0.4) is 0 Å². The molecule has 4 bridgehead atoms. The highest BCUT2D eigenvalue weighted by Crippen LogP contribution is 2.60. The van der Waals surface area contributed by atoms with E-state index in [1.165, 1.54) is 62.3 Å². The van der Waals surface area contributed by atoms with E-state index in [1.54, 1.807) is 0 Å². The molecule has 2 aromatic rings. The van der Waals surface area contributed by atoms with Gasteiger partial charge < -0.3 is 5.32 Å². The lowest BCUT2D eigenvalue weighted by Crippen LogP contribution is -2.48. The van der Waals surface area contributed by atoms with Crippen molar-refractivity contribution in [3.8, 4) is 0 Å². The molecule has 2 aromatic carbocycles. The SMILES string of the molecule is O=[N+]([O-])c1ccc(Nc2ccc(C34CC5CC(CC(C5)C3)C4)cc2)cc1F. The van der Waals surface area contributed by atoms with E-state index in [1.807, 2.05) is 12.1 Å². The summed E-state index contributed by atoms with van der Waals surface area (Å²) in [4.78, 5) is 10.0. The Hall–Kier alpha value is -2.43. The highest BCUT2D eigenvalue weighted by molar-refractivity contribution is 5.61. The van der Waals surface area contributed by atoms with E-state index >= 15 is 0 Å². The zero-order valence-corrected chi connectivity index (χ0v) is 15.2. The summed E-state index contributed by atoms with van der Waals surface area (Å²) in [5, 5.41) is 13.9. The summed E-state index contributed by atoms with van der Waals surface area (Å²) in [5.41, 5.74) is 2.70. The van der Waals surface area contributed by atoms with Crippen LogP contribution in [0.4, 0.5) is 21.5 Å². The maximum Gasteiger partial charge on any atom is 0.304 e. The first-order valence-electron chi connectivity index (χ1n) is 9.82. The number of anilines is 2. The second kappa shape index (κ2) is 6.04. The van der Waals surface area contributed by atoms with Crippen molar-refractivity contribution in [2.24, 2.45) is 17.8 Å². The zero-order valence-electron chi connectivity index (χ0n) is 15.2. The van der Waals surface area contributed by atoms with Crippen LogP contribution < -0.4 is 5.32 Å². The fraction of sp³-hybridized carbons (Fsp3) is 0.455. The summed E-state index contributed by atoms with van der Waals surface area (Å²) in [6.45, 7) is 0. The maximum atomic E-state index is 13.8. The molecule has 0 heterocycles. The van der Waals surface area contributed by atoms with Crippen molar-refractivity contribution in [3.63, 3.8) is 0 Å². The van der Waals surface area contributed by atoms with Gasteiger partial charge in [-0.2, -0.15) is 4.39 Å². The molecule has 5 heteroatoms. The van der Waals surface area contributed by atoms with Crippen LogP contribution in [0.25, 0.3) is 0 Å². The van der Waals surface area contributed by atoms with Gasteiger partial charge in [0.05, 0.1) is 4.92 Å². The molecule has 1 N–H and O–H groups in total. The molecule has 0 amide bonds. The van der Waals surface area contributed by atoms with E-state index in [2.05, 4.69) is 17.4 Å². The van der Waals surface area contributed by atoms with Gasteiger partial charge in [-0.1, -0.05) is 12.1 Å². The molecule has 0 radical (unpaired) electrons. The minimum atomic E-state index is -0.824. The van der Waals surface area contributed by atoms with Crippen LogP contribution >= 0.6 is 0 Å². The lowest BCUT2D eigenvalue weighted by Gasteiger charge is -2.57. The summed E-state index contributed by atoms with van der Waals surface area (Å²) >= 11 is 0. The van der Waals surface area contributed by atoms with Gasteiger partial charge in [-0.15, -0.1) is 0 Å². The van der Waals surface area contributed by atoms with Crippen LogP contribution in [0.15, 0.2) is 42.5 Å². The van der Waals surface area contributed by atoms with Gasteiger partial charge in [0.15, 0.2) is 0 Å². The minimum Gasteiger partial charge on any atom is -0.355 e.